The second-order valence-electron chi connectivity index (χ2n) is 4.72. The average Bonchev–Trinajstić information content (AvgIpc) is 2.99. The number of hydrogen-bond acceptors (Lipinski definition) is 2. The van der Waals surface area contributed by atoms with Gasteiger partial charge in [-0.25, -0.2) is 0 Å². The van der Waals surface area contributed by atoms with Crippen molar-refractivity contribution in [3.63, 3.8) is 0 Å². The molecule has 0 amide bonds. The molecule has 0 aliphatic carbocycles. The summed E-state index contributed by atoms with van der Waals surface area (Å²) in [5.41, 5.74) is 1.05. The molecule has 2 N–H and O–H groups in total. The summed E-state index contributed by atoms with van der Waals surface area (Å²) in [6.45, 7) is 2.81. The van der Waals surface area contributed by atoms with Gasteiger partial charge in [0, 0.05) is 25.0 Å². The van der Waals surface area contributed by atoms with Gasteiger partial charge in [0.05, 0.1) is 12.3 Å². The summed E-state index contributed by atoms with van der Waals surface area (Å²) in [7, 11) is 1.75. The summed E-state index contributed by atoms with van der Waals surface area (Å²) in [5.74, 6) is 1.70. The summed E-state index contributed by atoms with van der Waals surface area (Å²) < 4.78 is 5.30. The topological polar surface area (TPSA) is 49.6 Å². The largest absolute Gasteiger partial charge is 0.469 e. The van der Waals surface area contributed by atoms with Crippen molar-refractivity contribution in [1.82, 2.24) is 10.6 Å². The molecule has 2 aromatic rings. The number of furan rings is 1. The van der Waals surface area contributed by atoms with Gasteiger partial charge in [-0.15, -0.1) is 0 Å². The second-order valence-corrected chi connectivity index (χ2v) is 5.12. The average molecular weight is 306 g/mol. The first kappa shape index (κ1) is 15.4. The molecule has 112 valence electrons. The lowest BCUT2D eigenvalue weighted by Gasteiger charge is -2.19. The fourth-order valence-corrected chi connectivity index (χ4v) is 2.36. The van der Waals surface area contributed by atoms with Crippen LogP contribution in [0.4, 0.5) is 0 Å². The number of nitrogens with one attached hydrogen (secondary N) is 2. The maximum Gasteiger partial charge on any atom is 0.191 e. The zero-order valence-electron chi connectivity index (χ0n) is 12.3. The fourth-order valence-electron chi connectivity index (χ4n) is 2.06. The van der Waals surface area contributed by atoms with Crippen LogP contribution in [0.1, 0.15) is 24.3 Å². The molecule has 1 atom stereocenters. The molecule has 0 saturated heterocycles. The van der Waals surface area contributed by atoms with Gasteiger partial charge in [0.1, 0.15) is 5.76 Å². The van der Waals surface area contributed by atoms with Crippen LogP contribution >= 0.6 is 11.6 Å². The van der Waals surface area contributed by atoms with Gasteiger partial charge >= 0.3 is 0 Å². The highest BCUT2D eigenvalue weighted by Crippen LogP contribution is 2.21. The lowest BCUT2D eigenvalue weighted by Crippen LogP contribution is -2.39. The van der Waals surface area contributed by atoms with Crippen LogP contribution in [0.5, 0.6) is 0 Å². The van der Waals surface area contributed by atoms with E-state index in [0.29, 0.717) is 0 Å². The van der Waals surface area contributed by atoms with E-state index in [0.717, 1.165) is 35.3 Å². The maximum absolute atomic E-state index is 6.20. The fraction of sp³-hybridized carbons (Fsp3) is 0.312. The molecule has 5 heteroatoms. The standard InChI is InChI=1S/C16H20ClN3O/c1-12(14-7-3-4-8-15(14)17)20-16(18-2)19-10-9-13-6-5-11-21-13/h3-8,11-12H,9-10H2,1-2H3,(H2,18,19,20). The molecule has 0 spiro atoms. The summed E-state index contributed by atoms with van der Waals surface area (Å²) in [4.78, 5) is 4.22. The van der Waals surface area contributed by atoms with Gasteiger partial charge in [-0.1, -0.05) is 29.8 Å². The monoisotopic (exact) mass is 305 g/mol. The van der Waals surface area contributed by atoms with Crippen LogP contribution in [0.25, 0.3) is 0 Å². The Labute approximate surface area is 130 Å². The van der Waals surface area contributed by atoms with E-state index in [1.165, 1.54) is 0 Å². The number of aliphatic imine (C=N–C) groups is 1. The smallest absolute Gasteiger partial charge is 0.191 e. The van der Waals surface area contributed by atoms with Crippen molar-refractivity contribution in [2.45, 2.75) is 19.4 Å². The van der Waals surface area contributed by atoms with E-state index >= 15 is 0 Å². The highest BCUT2D eigenvalue weighted by Gasteiger charge is 2.10. The lowest BCUT2D eigenvalue weighted by molar-refractivity contribution is 0.506. The van der Waals surface area contributed by atoms with E-state index in [1.54, 1.807) is 13.3 Å². The summed E-state index contributed by atoms with van der Waals surface area (Å²) in [6, 6.07) is 11.7. The molecule has 1 heterocycles. The number of halogens is 1. The molecule has 1 unspecified atom stereocenters. The van der Waals surface area contributed by atoms with Crippen LogP contribution in [-0.2, 0) is 6.42 Å². The molecule has 1 aromatic heterocycles. The third-order valence-electron chi connectivity index (χ3n) is 3.19. The molecule has 0 aliphatic rings. The van der Waals surface area contributed by atoms with Crippen LogP contribution in [0.3, 0.4) is 0 Å². The molecule has 0 aliphatic heterocycles. The summed E-state index contributed by atoms with van der Waals surface area (Å²) in [6.07, 6.45) is 2.50. The Morgan fingerprint density at radius 3 is 2.76 bits per heavy atom. The van der Waals surface area contributed by atoms with E-state index in [4.69, 9.17) is 16.0 Å². The van der Waals surface area contributed by atoms with E-state index in [-0.39, 0.29) is 6.04 Å². The van der Waals surface area contributed by atoms with Crippen LogP contribution in [0, 0.1) is 0 Å². The van der Waals surface area contributed by atoms with Crippen molar-refractivity contribution in [3.05, 3.63) is 59.0 Å². The van der Waals surface area contributed by atoms with Crippen molar-refractivity contribution in [3.8, 4) is 0 Å². The SMILES string of the molecule is CN=C(NCCc1ccco1)NC(C)c1ccccc1Cl. The van der Waals surface area contributed by atoms with Gasteiger partial charge in [0.2, 0.25) is 0 Å². The highest BCUT2D eigenvalue weighted by molar-refractivity contribution is 6.31. The Balaban J connectivity index is 1.86. The number of guanidine groups is 1. The van der Waals surface area contributed by atoms with Crippen LogP contribution < -0.4 is 10.6 Å². The van der Waals surface area contributed by atoms with E-state index < -0.39 is 0 Å². The minimum atomic E-state index is 0.0773. The molecule has 4 nitrogen and oxygen atoms in total. The van der Waals surface area contributed by atoms with Crippen LogP contribution in [-0.4, -0.2) is 19.6 Å². The number of nitrogens with zero attached hydrogens (tertiary/aromatic N) is 1. The van der Waals surface area contributed by atoms with Crippen LogP contribution in [0.15, 0.2) is 52.1 Å². The Bertz CT molecular complexity index is 581. The Kier molecular flexibility index (Phi) is 5.69. The minimum Gasteiger partial charge on any atom is -0.469 e. The molecular formula is C16H20ClN3O. The Morgan fingerprint density at radius 2 is 2.10 bits per heavy atom. The van der Waals surface area contributed by atoms with Gasteiger partial charge in [-0.3, -0.25) is 4.99 Å². The first-order chi connectivity index (χ1) is 10.2. The van der Waals surface area contributed by atoms with Crippen LogP contribution in [0.2, 0.25) is 5.02 Å². The first-order valence-electron chi connectivity index (χ1n) is 6.94. The van der Waals surface area contributed by atoms with Gasteiger partial charge < -0.3 is 15.1 Å². The third-order valence-corrected chi connectivity index (χ3v) is 3.54. The normalized spacial score (nSPS) is 13.0. The van der Waals surface area contributed by atoms with Crippen molar-refractivity contribution in [1.29, 1.82) is 0 Å². The van der Waals surface area contributed by atoms with Gasteiger partial charge in [0.15, 0.2) is 5.96 Å². The van der Waals surface area contributed by atoms with Gasteiger partial charge in [0.25, 0.3) is 0 Å². The van der Waals surface area contributed by atoms with E-state index in [9.17, 15) is 0 Å². The molecule has 0 bridgehead atoms. The van der Waals surface area contributed by atoms with Crippen molar-refractivity contribution in [2.24, 2.45) is 4.99 Å². The molecular weight excluding hydrogens is 286 g/mol. The van der Waals surface area contributed by atoms with E-state index in [2.05, 4.69) is 22.5 Å². The minimum absolute atomic E-state index is 0.0773. The number of hydrogen-bond donors (Lipinski definition) is 2. The summed E-state index contributed by atoms with van der Waals surface area (Å²) in [5, 5.41) is 7.34. The highest BCUT2D eigenvalue weighted by atomic mass is 35.5. The molecule has 0 radical (unpaired) electrons. The predicted molar refractivity (Wildman–Crippen MR) is 86.8 cm³/mol. The zero-order chi connectivity index (χ0) is 15.1. The molecule has 0 saturated carbocycles. The number of benzene rings is 1. The summed E-state index contributed by atoms with van der Waals surface area (Å²) >= 11 is 6.20. The Morgan fingerprint density at radius 1 is 1.29 bits per heavy atom. The maximum atomic E-state index is 6.20. The van der Waals surface area contributed by atoms with Gasteiger partial charge in [-0.05, 0) is 30.7 Å². The second kappa shape index (κ2) is 7.74. The third kappa shape index (κ3) is 4.53. The van der Waals surface area contributed by atoms with Crippen molar-refractivity contribution >= 4 is 17.6 Å². The number of rotatable bonds is 5. The van der Waals surface area contributed by atoms with Crippen molar-refractivity contribution < 1.29 is 4.42 Å². The van der Waals surface area contributed by atoms with E-state index in [1.807, 2.05) is 36.4 Å². The lowest BCUT2D eigenvalue weighted by atomic mass is 10.1. The predicted octanol–water partition coefficient (Wildman–Crippen LogP) is 3.40. The molecule has 1 aromatic carbocycles. The Hall–Kier alpha value is -1.94. The quantitative estimate of drug-likeness (QED) is 0.657. The van der Waals surface area contributed by atoms with Gasteiger partial charge in [-0.2, -0.15) is 0 Å². The van der Waals surface area contributed by atoms with Crippen molar-refractivity contribution in [2.75, 3.05) is 13.6 Å². The first-order valence-corrected chi connectivity index (χ1v) is 7.32. The molecule has 2 rings (SSSR count). The molecule has 21 heavy (non-hydrogen) atoms. The zero-order valence-corrected chi connectivity index (χ0v) is 13.0. The molecule has 0 fully saturated rings.